The van der Waals surface area contributed by atoms with Crippen LogP contribution in [-0.2, 0) is 4.79 Å². The molecule has 2 rings (SSSR count). The van der Waals surface area contributed by atoms with Crippen molar-refractivity contribution in [1.29, 1.82) is 0 Å². The van der Waals surface area contributed by atoms with Crippen molar-refractivity contribution in [3.05, 3.63) is 64.7 Å². The number of benzene rings is 2. The molecule has 0 radical (unpaired) electrons. The molecule has 0 aromatic heterocycles. The molecule has 0 saturated heterocycles. The van der Waals surface area contributed by atoms with Gasteiger partial charge in [-0.05, 0) is 42.3 Å². The van der Waals surface area contributed by atoms with Gasteiger partial charge in [-0.25, -0.2) is 0 Å². The highest BCUT2D eigenvalue weighted by atomic mass is 35.5. The maximum Gasteiger partial charge on any atom is 0.248 e. The van der Waals surface area contributed by atoms with Crippen molar-refractivity contribution in [3.8, 4) is 5.75 Å². The standard InChI is InChI=1S/C17H16ClNO2/c1-12-7-8-13(11-14(12)18)9-10-17(20)19-15-5-3-4-6-16(15)21-2/h3-11H,1-2H3,(H,19,20)/b10-9+. The Balaban J connectivity index is 2.07. The van der Waals surface area contributed by atoms with Crippen LogP contribution in [0.3, 0.4) is 0 Å². The first kappa shape index (κ1) is 15.1. The summed E-state index contributed by atoms with van der Waals surface area (Å²) in [5.74, 6) is 0.397. The van der Waals surface area contributed by atoms with E-state index in [9.17, 15) is 4.79 Å². The molecule has 4 heteroatoms. The molecule has 2 aromatic rings. The fourth-order valence-electron chi connectivity index (χ4n) is 1.81. The number of halogens is 1. The minimum Gasteiger partial charge on any atom is -0.495 e. The zero-order chi connectivity index (χ0) is 15.2. The van der Waals surface area contributed by atoms with Crippen LogP contribution < -0.4 is 10.1 Å². The molecule has 0 aliphatic carbocycles. The van der Waals surface area contributed by atoms with E-state index in [4.69, 9.17) is 16.3 Å². The Morgan fingerprint density at radius 3 is 2.71 bits per heavy atom. The zero-order valence-electron chi connectivity index (χ0n) is 11.9. The molecular formula is C17H16ClNO2. The third kappa shape index (κ3) is 4.10. The minimum atomic E-state index is -0.226. The van der Waals surface area contributed by atoms with Gasteiger partial charge in [-0.3, -0.25) is 4.79 Å². The summed E-state index contributed by atoms with van der Waals surface area (Å²) in [5, 5.41) is 3.46. The summed E-state index contributed by atoms with van der Waals surface area (Å²) < 4.78 is 5.18. The van der Waals surface area contributed by atoms with E-state index >= 15 is 0 Å². The van der Waals surface area contributed by atoms with Gasteiger partial charge in [-0.15, -0.1) is 0 Å². The SMILES string of the molecule is COc1ccccc1NC(=O)/C=C/c1ccc(C)c(Cl)c1. The molecule has 0 atom stereocenters. The number of carbonyl (C=O) groups is 1. The number of amides is 1. The summed E-state index contributed by atoms with van der Waals surface area (Å²) in [5.41, 5.74) is 2.52. The van der Waals surface area contributed by atoms with E-state index in [1.54, 1.807) is 25.3 Å². The van der Waals surface area contributed by atoms with E-state index < -0.39 is 0 Å². The van der Waals surface area contributed by atoms with Crippen LogP contribution in [0.15, 0.2) is 48.5 Å². The van der Waals surface area contributed by atoms with E-state index in [1.165, 1.54) is 6.08 Å². The van der Waals surface area contributed by atoms with Crippen LogP contribution in [0.25, 0.3) is 6.08 Å². The van der Waals surface area contributed by atoms with Gasteiger partial charge in [0, 0.05) is 11.1 Å². The van der Waals surface area contributed by atoms with Crippen LogP contribution >= 0.6 is 11.6 Å². The third-order valence-electron chi connectivity index (χ3n) is 2.99. The van der Waals surface area contributed by atoms with E-state index in [2.05, 4.69) is 5.32 Å². The molecule has 1 amide bonds. The number of nitrogens with one attached hydrogen (secondary N) is 1. The monoisotopic (exact) mass is 301 g/mol. The summed E-state index contributed by atoms with van der Waals surface area (Å²) in [6, 6.07) is 12.9. The molecule has 0 saturated carbocycles. The molecule has 0 heterocycles. The van der Waals surface area contributed by atoms with Gasteiger partial charge < -0.3 is 10.1 Å². The number of hydrogen-bond acceptors (Lipinski definition) is 2. The maximum absolute atomic E-state index is 11.9. The topological polar surface area (TPSA) is 38.3 Å². The Kier molecular flexibility index (Phi) is 5.01. The first-order chi connectivity index (χ1) is 10.1. The van der Waals surface area contributed by atoms with E-state index in [0.29, 0.717) is 16.5 Å². The predicted octanol–water partition coefficient (Wildman–Crippen LogP) is 4.31. The zero-order valence-corrected chi connectivity index (χ0v) is 12.6. The first-order valence-corrected chi connectivity index (χ1v) is 6.86. The quantitative estimate of drug-likeness (QED) is 0.855. The number of aryl methyl sites for hydroxylation is 1. The van der Waals surface area contributed by atoms with Gasteiger partial charge >= 0.3 is 0 Å². The van der Waals surface area contributed by atoms with Crippen molar-refractivity contribution in [3.63, 3.8) is 0 Å². The molecule has 21 heavy (non-hydrogen) atoms. The summed E-state index contributed by atoms with van der Waals surface area (Å²) >= 11 is 6.05. The lowest BCUT2D eigenvalue weighted by Crippen LogP contribution is -2.08. The highest BCUT2D eigenvalue weighted by Gasteiger charge is 2.04. The first-order valence-electron chi connectivity index (χ1n) is 6.48. The molecular weight excluding hydrogens is 286 g/mol. The highest BCUT2D eigenvalue weighted by molar-refractivity contribution is 6.31. The fourth-order valence-corrected chi connectivity index (χ4v) is 2.00. The van der Waals surface area contributed by atoms with Crippen molar-refractivity contribution in [1.82, 2.24) is 0 Å². The molecule has 0 fully saturated rings. The number of methoxy groups -OCH3 is 1. The Bertz CT molecular complexity index is 680. The second-order valence-electron chi connectivity index (χ2n) is 4.53. The Morgan fingerprint density at radius 2 is 2.00 bits per heavy atom. The van der Waals surface area contributed by atoms with Gasteiger partial charge in [0.15, 0.2) is 0 Å². The molecule has 0 unspecified atom stereocenters. The number of carbonyl (C=O) groups excluding carboxylic acids is 1. The van der Waals surface area contributed by atoms with Crippen molar-refractivity contribution < 1.29 is 9.53 Å². The van der Waals surface area contributed by atoms with E-state index in [0.717, 1.165) is 11.1 Å². The average Bonchev–Trinajstić information content (AvgIpc) is 2.49. The van der Waals surface area contributed by atoms with Crippen LogP contribution in [0.1, 0.15) is 11.1 Å². The largest absolute Gasteiger partial charge is 0.495 e. The average molecular weight is 302 g/mol. The summed E-state index contributed by atoms with van der Waals surface area (Å²) in [6.45, 7) is 1.93. The van der Waals surface area contributed by atoms with Crippen LogP contribution in [0, 0.1) is 6.92 Å². The molecule has 0 aliphatic heterocycles. The Hall–Kier alpha value is -2.26. The number of para-hydroxylation sites is 2. The van der Waals surface area contributed by atoms with Crippen molar-refractivity contribution in [2.45, 2.75) is 6.92 Å². The smallest absolute Gasteiger partial charge is 0.248 e. The Morgan fingerprint density at radius 1 is 1.24 bits per heavy atom. The third-order valence-corrected chi connectivity index (χ3v) is 3.40. The van der Waals surface area contributed by atoms with Crippen LogP contribution in [0.5, 0.6) is 5.75 Å². The van der Waals surface area contributed by atoms with Crippen LogP contribution in [0.4, 0.5) is 5.69 Å². The van der Waals surface area contributed by atoms with Gasteiger partial charge in [-0.1, -0.05) is 35.9 Å². The predicted molar refractivity (Wildman–Crippen MR) is 86.8 cm³/mol. The number of anilines is 1. The molecule has 0 bridgehead atoms. The van der Waals surface area contributed by atoms with Gasteiger partial charge in [0.25, 0.3) is 0 Å². The molecule has 2 aromatic carbocycles. The summed E-state index contributed by atoms with van der Waals surface area (Å²) in [6.07, 6.45) is 3.18. The minimum absolute atomic E-state index is 0.226. The lowest BCUT2D eigenvalue weighted by Gasteiger charge is -2.07. The highest BCUT2D eigenvalue weighted by Crippen LogP contribution is 2.23. The van der Waals surface area contributed by atoms with E-state index in [1.807, 2.05) is 37.3 Å². The molecule has 0 spiro atoms. The molecule has 0 aliphatic rings. The van der Waals surface area contributed by atoms with Crippen LogP contribution in [-0.4, -0.2) is 13.0 Å². The maximum atomic E-state index is 11.9. The van der Waals surface area contributed by atoms with Gasteiger partial charge in [0.1, 0.15) is 5.75 Å². The molecule has 108 valence electrons. The summed E-state index contributed by atoms with van der Waals surface area (Å²) in [4.78, 5) is 11.9. The molecule has 3 nitrogen and oxygen atoms in total. The fraction of sp³-hybridized carbons (Fsp3) is 0.118. The normalized spacial score (nSPS) is 10.6. The summed E-state index contributed by atoms with van der Waals surface area (Å²) in [7, 11) is 1.56. The van der Waals surface area contributed by atoms with Crippen molar-refractivity contribution in [2.75, 3.05) is 12.4 Å². The second kappa shape index (κ2) is 6.95. The second-order valence-corrected chi connectivity index (χ2v) is 4.94. The number of hydrogen-bond donors (Lipinski definition) is 1. The lowest BCUT2D eigenvalue weighted by atomic mass is 10.1. The van der Waals surface area contributed by atoms with Gasteiger partial charge in [0.05, 0.1) is 12.8 Å². The lowest BCUT2D eigenvalue weighted by molar-refractivity contribution is -0.111. The van der Waals surface area contributed by atoms with Crippen LogP contribution in [0.2, 0.25) is 5.02 Å². The van der Waals surface area contributed by atoms with Crippen molar-refractivity contribution in [2.24, 2.45) is 0 Å². The van der Waals surface area contributed by atoms with E-state index in [-0.39, 0.29) is 5.91 Å². The van der Waals surface area contributed by atoms with Gasteiger partial charge in [0.2, 0.25) is 5.91 Å². The van der Waals surface area contributed by atoms with Gasteiger partial charge in [-0.2, -0.15) is 0 Å². The van der Waals surface area contributed by atoms with Crippen molar-refractivity contribution >= 4 is 29.3 Å². The number of rotatable bonds is 4. The molecule has 1 N–H and O–H groups in total. The Labute approximate surface area is 129 Å². The number of ether oxygens (including phenoxy) is 1.